The monoisotopic (exact) mass is 209 g/mol. The fourth-order valence-electron chi connectivity index (χ4n) is 3.21. The lowest BCUT2D eigenvalue weighted by molar-refractivity contribution is 0.141. The number of fused-ring (bicyclic) bond motifs is 1. The number of piperidine rings is 1. The topological polar surface area (TPSA) is 3.24 Å². The van der Waals surface area contributed by atoms with Crippen LogP contribution in [0, 0.1) is 23.2 Å². The van der Waals surface area contributed by atoms with Crippen LogP contribution in [0.3, 0.4) is 0 Å². The minimum atomic E-state index is 0.389. The van der Waals surface area contributed by atoms with E-state index < -0.39 is 0 Å². The van der Waals surface area contributed by atoms with Crippen LogP contribution in [0.4, 0.5) is 0 Å². The summed E-state index contributed by atoms with van der Waals surface area (Å²) in [5, 5.41) is 0. The van der Waals surface area contributed by atoms with E-state index in [1.165, 1.54) is 19.5 Å². The Morgan fingerprint density at radius 3 is 1.73 bits per heavy atom. The van der Waals surface area contributed by atoms with Crippen LogP contribution >= 0.6 is 0 Å². The van der Waals surface area contributed by atoms with Crippen LogP contribution in [0.25, 0.3) is 0 Å². The maximum absolute atomic E-state index is 2.67. The van der Waals surface area contributed by atoms with Crippen molar-refractivity contribution in [3.8, 4) is 0 Å². The molecule has 1 nitrogen and oxygen atoms in total. The molecule has 15 heavy (non-hydrogen) atoms. The molecule has 1 heterocycles. The van der Waals surface area contributed by atoms with Crippen molar-refractivity contribution >= 4 is 0 Å². The molecule has 3 atom stereocenters. The van der Waals surface area contributed by atoms with E-state index in [9.17, 15) is 0 Å². The first kappa shape index (κ1) is 11.4. The van der Waals surface area contributed by atoms with Crippen molar-refractivity contribution in [3.63, 3.8) is 0 Å². The molecule has 0 amide bonds. The summed E-state index contributed by atoms with van der Waals surface area (Å²) in [7, 11) is 0. The highest BCUT2D eigenvalue weighted by Crippen LogP contribution is 2.57. The predicted molar refractivity (Wildman–Crippen MR) is 65.9 cm³/mol. The molecule has 88 valence electrons. The quantitative estimate of drug-likeness (QED) is 0.640. The molecule has 0 aromatic heterocycles. The Labute approximate surface area is 95.2 Å². The molecule has 0 radical (unpaired) electrons. The summed E-state index contributed by atoms with van der Waals surface area (Å²) >= 11 is 0. The SMILES string of the molecule is CC(C)(C)C[C@H]1[C@@H]2CN(C(C)(C)C)C[C@@H]21. The van der Waals surface area contributed by atoms with Crippen LogP contribution in [-0.2, 0) is 0 Å². The van der Waals surface area contributed by atoms with Gasteiger partial charge in [0.15, 0.2) is 0 Å². The van der Waals surface area contributed by atoms with Crippen molar-refractivity contribution in [3.05, 3.63) is 0 Å². The Balaban J connectivity index is 1.84. The molecule has 2 aliphatic rings. The largest absolute Gasteiger partial charge is 0.298 e. The molecule has 1 saturated carbocycles. The first-order valence-corrected chi connectivity index (χ1v) is 6.43. The molecule has 1 aliphatic heterocycles. The third-order valence-electron chi connectivity index (χ3n) is 4.17. The fraction of sp³-hybridized carbons (Fsp3) is 1.00. The second-order valence-electron chi connectivity index (χ2n) is 7.83. The third kappa shape index (κ3) is 2.38. The fourth-order valence-corrected chi connectivity index (χ4v) is 3.21. The molecule has 0 spiro atoms. The lowest BCUT2D eigenvalue weighted by Gasteiger charge is -2.34. The van der Waals surface area contributed by atoms with Gasteiger partial charge in [-0.2, -0.15) is 0 Å². The van der Waals surface area contributed by atoms with Crippen molar-refractivity contribution in [2.24, 2.45) is 23.2 Å². The first-order valence-electron chi connectivity index (χ1n) is 6.43. The highest BCUT2D eigenvalue weighted by molar-refractivity contribution is 5.07. The summed E-state index contributed by atoms with van der Waals surface area (Å²) in [6.45, 7) is 16.9. The van der Waals surface area contributed by atoms with Crippen molar-refractivity contribution in [2.75, 3.05) is 13.1 Å². The number of likely N-dealkylation sites (tertiary alicyclic amines) is 1. The van der Waals surface area contributed by atoms with E-state index in [-0.39, 0.29) is 0 Å². The predicted octanol–water partition coefficient (Wildman–Crippen LogP) is 3.40. The van der Waals surface area contributed by atoms with Crippen LogP contribution in [-0.4, -0.2) is 23.5 Å². The molecule has 1 heteroatoms. The third-order valence-corrected chi connectivity index (χ3v) is 4.17. The van der Waals surface area contributed by atoms with Gasteiger partial charge in [-0.3, -0.25) is 4.90 Å². The van der Waals surface area contributed by atoms with Crippen LogP contribution < -0.4 is 0 Å². The summed E-state index contributed by atoms with van der Waals surface area (Å²) < 4.78 is 0. The van der Waals surface area contributed by atoms with Crippen LogP contribution in [0.5, 0.6) is 0 Å². The molecule has 0 aromatic rings. The molecule has 2 fully saturated rings. The van der Waals surface area contributed by atoms with E-state index in [1.54, 1.807) is 0 Å². The lowest BCUT2D eigenvalue weighted by atomic mass is 9.88. The van der Waals surface area contributed by atoms with Crippen molar-refractivity contribution < 1.29 is 0 Å². The maximum Gasteiger partial charge on any atom is 0.0125 e. The average molecular weight is 209 g/mol. The average Bonchev–Trinajstić information content (AvgIpc) is 2.50. The maximum atomic E-state index is 2.67. The van der Waals surface area contributed by atoms with Gasteiger partial charge in [-0.25, -0.2) is 0 Å². The van der Waals surface area contributed by atoms with E-state index in [0.717, 1.165) is 17.8 Å². The summed E-state index contributed by atoms with van der Waals surface area (Å²) in [6.07, 6.45) is 1.43. The summed E-state index contributed by atoms with van der Waals surface area (Å²) in [4.78, 5) is 2.67. The minimum Gasteiger partial charge on any atom is -0.298 e. The van der Waals surface area contributed by atoms with Crippen LogP contribution in [0.15, 0.2) is 0 Å². The van der Waals surface area contributed by atoms with Gasteiger partial charge in [0.2, 0.25) is 0 Å². The Morgan fingerprint density at radius 1 is 0.933 bits per heavy atom. The molecule has 0 aromatic carbocycles. The second kappa shape index (κ2) is 3.23. The zero-order chi connectivity index (χ0) is 11.4. The number of rotatable bonds is 1. The lowest BCUT2D eigenvalue weighted by Crippen LogP contribution is -2.41. The van der Waals surface area contributed by atoms with Gasteiger partial charge in [0.25, 0.3) is 0 Å². The number of hydrogen-bond acceptors (Lipinski definition) is 1. The van der Waals surface area contributed by atoms with Gasteiger partial charge in [-0.05, 0) is 50.4 Å². The molecule has 2 rings (SSSR count). The molecular weight excluding hydrogens is 182 g/mol. The van der Waals surface area contributed by atoms with Gasteiger partial charge in [0.05, 0.1) is 0 Å². The van der Waals surface area contributed by atoms with Gasteiger partial charge in [0, 0.05) is 18.6 Å². The van der Waals surface area contributed by atoms with Crippen molar-refractivity contribution in [1.29, 1.82) is 0 Å². The van der Waals surface area contributed by atoms with E-state index in [1.807, 2.05) is 0 Å². The van der Waals surface area contributed by atoms with Gasteiger partial charge in [-0.1, -0.05) is 20.8 Å². The van der Waals surface area contributed by atoms with Crippen molar-refractivity contribution in [1.82, 2.24) is 4.90 Å². The normalized spacial score (nSPS) is 36.8. The zero-order valence-electron chi connectivity index (χ0n) is 11.3. The standard InChI is InChI=1S/C14H27N/c1-13(2,3)7-10-11-8-15(9-12(10)11)14(4,5)6/h10-12H,7-9H2,1-6H3/t10-,11-,12+. The Bertz CT molecular complexity index is 231. The van der Waals surface area contributed by atoms with Gasteiger partial charge >= 0.3 is 0 Å². The van der Waals surface area contributed by atoms with E-state index in [0.29, 0.717) is 11.0 Å². The van der Waals surface area contributed by atoms with Crippen LogP contribution in [0.1, 0.15) is 48.0 Å². The highest BCUT2D eigenvalue weighted by atomic mass is 15.2. The van der Waals surface area contributed by atoms with E-state index >= 15 is 0 Å². The van der Waals surface area contributed by atoms with Crippen molar-refractivity contribution in [2.45, 2.75) is 53.5 Å². The molecule has 0 N–H and O–H groups in total. The summed E-state index contributed by atoms with van der Waals surface area (Å²) in [5.41, 5.74) is 0.918. The molecule has 1 saturated heterocycles. The molecular formula is C14H27N. The summed E-state index contributed by atoms with van der Waals surface area (Å²) in [6, 6.07) is 0. The van der Waals surface area contributed by atoms with Gasteiger partial charge < -0.3 is 0 Å². The number of hydrogen-bond donors (Lipinski definition) is 0. The smallest absolute Gasteiger partial charge is 0.0125 e. The van der Waals surface area contributed by atoms with E-state index in [4.69, 9.17) is 0 Å². The Hall–Kier alpha value is -0.0400. The zero-order valence-corrected chi connectivity index (χ0v) is 11.3. The Morgan fingerprint density at radius 2 is 1.40 bits per heavy atom. The minimum absolute atomic E-state index is 0.389. The van der Waals surface area contributed by atoms with Gasteiger partial charge in [0.1, 0.15) is 0 Å². The summed E-state index contributed by atoms with van der Waals surface area (Å²) in [5.74, 6) is 3.11. The first-order chi connectivity index (χ1) is 6.68. The second-order valence-corrected chi connectivity index (χ2v) is 7.83. The molecule has 1 aliphatic carbocycles. The molecule has 0 bridgehead atoms. The molecule has 0 unspecified atom stereocenters. The van der Waals surface area contributed by atoms with E-state index in [2.05, 4.69) is 46.4 Å². The van der Waals surface area contributed by atoms with Crippen LogP contribution in [0.2, 0.25) is 0 Å². The number of nitrogens with zero attached hydrogens (tertiary/aromatic N) is 1. The Kier molecular flexibility index (Phi) is 2.46. The van der Waals surface area contributed by atoms with Gasteiger partial charge in [-0.15, -0.1) is 0 Å². The highest BCUT2D eigenvalue weighted by Gasteiger charge is 2.57.